The number of likely N-dealkylation sites (N-methyl/N-ethyl adjacent to an activating group) is 1. The van der Waals surface area contributed by atoms with Crippen LogP contribution < -0.4 is 0 Å². The maximum Gasteiger partial charge on any atom is 0.218 e. The zero-order chi connectivity index (χ0) is 15.3. The van der Waals surface area contributed by atoms with Crippen molar-refractivity contribution >= 4 is 10.0 Å². The molecule has 1 aromatic rings. The van der Waals surface area contributed by atoms with Crippen LogP contribution in [0, 0.1) is 0 Å². The minimum absolute atomic E-state index is 0.313. The molecule has 0 saturated carbocycles. The molecule has 120 valence electrons. The van der Waals surface area contributed by atoms with Crippen LogP contribution in [-0.4, -0.2) is 68.3 Å². The number of sulfonamides is 1. The van der Waals surface area contributed by atoms with E-state index in [1.165, 1.54) is 9.87 Å². The molecule has 1 aliphatic heterocycles. The second kappa shape index (κ2) is 7.40. The van der Waals surface area contributed by atoms with Crippen molar-refractivity contribution in [3.05, 3.63) is 24.0 Å². The average Bonchev–Trinajstić information content (AvgIpc) is 2.97. The van der Waals surface area contributed by atoms with Gasteiger partial charge in [0.15, 0.2) is 0 Å². The number of ether oxygens (including phenoxy) is 1. The Labute approximate surface area is 127 Å². The summed E-state index contributed by atoms with van der Waals surface area (Å²) in [4.78, 5) is 5.26. The standard InChI is InChI=1S/C14H25N3O3S/c1-16(8-9-20-2)21(18,19)14-4-3-7-17(12-14)11-13-5-6-15-10-13/h5-6,10,14-15H,3-4,7-9,11-12H2,1-2H3. The van der Waals surface area contributed by atoms with Crippen LogP contribution in [0.15, 0.2) is 18.5 Å². The Balaban J connectivity index is 1.96. The summed E-state index contributed by atoms with van der Waals surface area (Å²) in [5.41, 5.74) is 1.20. The normalized spacial score (nSPS) is 21.0. The number of hydrogen-bond acceptors (Lipinski definition) is 4. The summed E-state index contributed by atoms with van der Waals surface area (Å²) in [6.45, 7) is 3.20. The summed E-state index contributed by atoms with van der Waals surface area (Å²) in [6.07, 6.45) is 5.52. The zero-order valence-corrected chi connectivity index (χ0v) is 13.6. The van der Waals surface area contributed by atoms with Gasteiger partial charge < -0.3 is 9.72 Å². The van der Waals surface area contributed by atoms with Gasteiger partial charge in [0.1, 0.15) is 0 Å². The summed E-state index contributed by atoms with van der Waals surface area (Å²) in [6, 6.07) is 2.03. The number of H-pyrrole nitrogens is 1. The molecule has 0 aliphatic carbocycles. The van der Waals surface area contributed by atoms with Gasteiger partial charge in [0, 0.05) is 46.2 Å². The molecule has 7 heteroatoms. The number of rotatable bonds is 7. The molecular weight excluding hydrogens is 290 g/mol. The number of nitrogens with one attached hydrogen (secondary N) is 1. The van der Waals surface area contributed by atoms with Crippen molar-refractivity contribution < 1.29 is 13.2 Å². The number of nitrogens with zero attached hydrogens (tertiary/aromatic N) is 2. The number of hydrogen-bond donors (Lipinski definition) is 1. The molecule has 1 unspecified atom stereocenters. The average molecular weight is 315 g/mol. The lowest BCUT2D eigenvalue weighted by Gasteiger charge is -2.34. The molecule has 0 radical (unpaired) electrons. The molecule has 1 fully saturated rings. The SMILES string of the molecule is COCCN(C)S(=O)(=O)C1CCCN(Cc2cc[nH]c2)C1. The van der Waals surface area contributed by atoms with E-state index in [1.807, 2.05) is 18.5 Å². The molecule has 1 aromatic heterocycles. The molecule has 1 aliphatic rings. The van der Waals surface area contributed by atoms with Gasteiger partial charge in [-0.2, -0.15) is 0 Å². The first-order chi connectivity index (χ1) is 10.0. The summed E-state index contributed by atoms with van der Waals surface area (Å²) in [7, 11) is -0.0209. The number of methoxy groups -OCH3 is 1. The highest BCUT2D eigenvalue weighted by Gasteiger charge is 2.33. The minimum Gasteiger partial charge on any atom is -0.383 e. The molecular formula is C14H25N3O3S. The highest BCUT2D eigenvalue weighted by Crippen LogP contribution is 2.21. The highest BCUT2D eigenvalue weighted by molar-refractivity contribution is 7.89. The lowest BCUT2D eigenvalue weighted by atomic mass is 10.1. The van der Waals surface area contributed by atoms with Crippen LogP contribution in [0.1, 0.15) is 18.4 Å². The van der Waals surface area contributed by atoms with E-state index < -0.39 is 10.0 Å². The van der Waals surface area contributed by atoms with Crippen molar-refractivity contribution in [3.63, 3.8) is 0 Å². The molecule has 0 aromatic carbocycles. The van der Waals surface area contributed by atoms with Crippen LogP contribution in [0.2, 0.25) is 0 Å². The summed E-state index contributed by atoms with van der Waals surface area (Å²) in [5.74, 6) is 0. The smallest absolute Gasteiger partial charge is 0.218 e. The molecule has 1 N–H and O–H groups in total. The lowest BCUT2D eigenvalue weighted by Crippen LogP contribution is -2.47. The van der Waals surface area contributed by atoms with E-state index in [0.717, 1.165) is 25.9 Å². The first kappa shape index (κ1) is 16.5. The van der Waals surface area contributed by atoms with Gasteiger partial charge in [-0.1, -0.05) is 0 Å². The van der Waals surface area contributed by atoms with Crippen molar-refractivity contribution in [1.82, 2.24) is 14.2 Å². The lowest BCUT2D eigenvalue weighted by molar-refractivity contribution is 0.182. The maximum absolute atomic E-state index is 12.6. The first-order valence-corrected chi connectivity index (χ1v) is 8.82. The Morgan fingerprint density at radius 2 is 2.33 bits per heavy atom. The number of aromatic amines is 1. The molecule has 2 rings (SSSR count). The van der Waals surface area contributed by atoms with Crippen molar-refractivity contribution in [1.29, 1.82) is 0 Å². The molecule has 6 nitrogen and oxygen atoms in total. The minimum atomic E-state index is -3.24. The van der Waals surface area contributed by atoms with Crippen LogP contribution in [0.3, 0.4) is 0 Å². The molecule has 0 bridgehead atoms. The van der Waals surface area contributed by atoms with Crippen molar-refractivity contribution in [2.24, 2.45) is 0 Å². The van der Waals surface area contributed by atoms with Crippen LogP contribution in [0.5, 0.6) is 0 Å². The van der Waals surface area contributed by atoms with Gasteiger partial charge in [0.05, 0.1) is 11.9 Å². The van der Waals surface area contributed by atoms with Gasteiger partial charge in [0.25, 0.3) is 0 Å². The van der Waals surface area contributed by atoms with Crippen LogP contribution in [-0.2, 0) is 21.3 Å². The van der Waals surface area contributed by atoms with E-state index >= 15 is 0 Å². The maximum atomic E-state index is 12.6. The van der Waals surface area contributed by atoms with Gasteiger partial charge in [-0.05, 0) is 31.0 Å². The number of aromatic nitrogens is 1. The van der Waals surface area contributed by atoms with Gasteiger partial charge >= 0.3 is 0 Å². The Kier molecular flexibility index (Phi) is 5.80. The van der Waals surface area contributed by atoms with Crippen molar-refractivity contribution in [3.8, 4) is 0 Å². The first-order valence-electron chi connectivity index (χ1n) is 7.32. The summed E-state index contributed by atoms with van der Waals surface area (Å²) in [5, 5.41) is -0.313. The third-order valence-electron chi connectivity index (χ3n) is 4.00. The third-order valence-corrected chi connectivity index (χ3v) is 6.28. The predicted octanol–water partition coefficient (Wildman–Crippen LogP) is 0.887. The van der Waals surface area contributed by atoms with Crippen LogP contribution >= 0.6 is 0 Å². The quantitative estimate of drug-likeness (QED) is 0.811. The van der Waals surface area contributed by atoms with E-state index in [9.17, 15) is 8.42 Å². The Bertz CT molecular complexity index is 516. The second-order valence-corrected chi connectivity index (χ2v) is 7.90. The van der Waals surface area contributed by atoms with Gasteiger partial charge in [-0.3, -0.25) is 4.90 Å². The van der Waals surface area contributed by atoms with E-state index in [-0.39, 0.29) is 5.25 Å². The van der Waals surface area contributed by atoms with Gasteiger partial charge in [0.2, 0.25) is 10.0 Å². The fourth-order valence-electron chi connectivity index (χ4n) is 2.72. The van der Waals surface area contributed by atoms with Crippen LogP contribution in [0.25, 0.3) is 0 Å². The fourth-order valence-corrected chi connectivity index (χ4v) is 4.42. The molecule has 1 saturated heterocycles. The van der Waals surface area contributed by atoms with Crippen molar-refractivity contribution in [2.45, 2.75) is 24.6 Å². The fraction of sp³-hybridized carbons (Fsp3) is 0.714. The molecule has 2 heterocycles. The molecule has 0 spiro atoms. The topological polar surface area (TPSA) is 65.6 Å². The summed E-state index contributed by atoms with van der Waals surface area (Å²) >= 11 is 0. The van der Waals surface area contributed by atoms with E-state index in [0.29, 0.717) is 19.7 Å². The number of likely N-dealkylation sites (tertiary alicyclic amines) is 1. The zero-order valence-electron chi connectivity index (χ0n) is 12.8. The Morgan fingerprint density at radius 3 is 3.00 bits per heavy atom. The van der Waals surface area contributed by atoms with Gasteiger partial charge in [-0.25, -0.2) is 12.7 Å². The van der Waals surface area contributed by atoms with E-state index in [2.05, 4.69) is 9.88 Å². The van der Waals surface area contributed by atoms with E-state index in [1.54, 1.807) is 14.2 Å². The Hall–Kier alpha value is -0.890. The number of piperidine rings is 1. The highest BCUT2D eigenvalue weighted by atomic mass is 32.2. The predicted molar refractivity (Wildman–Crippen MR) is 82.5 cm³/mol. The van der Waals surface area contributed by atoms with Crippen molar-refractivity contribution in [2.75, 3.05) is 40.4 Å². The largest absolute Gasteiger partial charge is 0.383 e. The molecule has 1 atom stereocenters. The Morgan fingerprint density at radius 1 is 1.52 bits per heavy atom. The van der Waals surface area contributed by atoms with Gasteiger partial charge in [-0.15, -0.1) is 0 Å². The molecule has 21 heavy (non-hydrogen) atoms. The van der Waals surface area contributed by atoms with E-state index in [4.69, 9.17) is 4.74 Å². The third kappa shape index (κ3) is 4.29. The molecule has 0 amide bonds. The summed E-state index contributed by atoms with van der Waals surface area (Å²) < 4.78 is 31.6. The monoisotopic (exact) mass is 315 g/mol. The second-order valence-electron chi connectivity index (χ2n) is 5.58. The van der Waals surface area contributed by atoms with Crippen LogP contribution in [0.4, 0.5) is 0 Å².